The Labute approximate surface area is 233 Å². The maximum Gasteiger partial charge on any atom is 0.490 e. The number of hydrogen-bond donors (Lipinski definition) is 3. The van der Waals surface area contributed by atoms with E-state index >= 15 is 0 Å². The Kier molecular flexibility index (Phi) is 9.41. The van der Waals surface area contributed by atoms with Gasteiger partial charge in [0.15, 0.2) is 0 Å². The number of amides is 1. The predicted octanol–water partition coefficient (Wildman–Crippen LogP) is 5.81. The molecule has 210 valence electrons. The molecule has 0 atom stereocenters. The first kappa shape index (κ1) is 29.1. The number of phenols is 1. The van der Waals surface area contributed by atoms with Crippen LogP contribution in [0.4, 0.5) is 18.9 Å². The smallest absolute Gasteiger partial charge is 0.490 e. The summed E-state index contributed by atoms with van der Waals surface area (Å²) in [5.74, 6) is -2.51. The van der Waals surface area contributed by atoms with Crippen LogP contribution in [-0.2, 0) is 17.9 Å². The van der Waals surface area contributed by atoms with Gasteiger partial charge in [0.1, 0.15) is 5.75 Å². The number of nitrogens with one attached hydrogen (secondary N) is 1. The van der Waals surface area contributed by atoms with Gasteiger partial charge in [-0.3, -0.25) is 14.6 Å². The topological polar surface area (TPSA) is 93.1 Å². The van der Waals surface area contributed by atoms with Crippen molar-refractivity contribution in [2.75, 3.05) is 31.5 Å². The van der Waals surface area contributed by atoms with Gasteiger partial charge in [-0.05, 0) is 52.9 Å². The zero-order valence-corrected chi connectivity index (χ0v) is 22.2. The van der Waals surface area contributed by atoms with Gasteiger partial charge >= 0.3 is 12.1 Å². The second-order valence-electron chi connectivity index (χ2n) is 9.32. The highest BCUT2D eigenvalue weighted by Gasteiger charge is 2.38. The number of carbonyl (C=O) groups is 2. The Hall–Kier alpha value is -3.93. The summed E-state index contributed by atoms with van der Waals surface area (Å²) in [5.41, 5.74) is 3.26. The molecule has 1 aliphatic rings. The number of carboxylic acids is 1. The second kappa shape index (κ2) is 12.9. The highest BCUT2D eigenvalue weighted by Crippen LogP contribution is 2.26. The lowest BCUT2D eigenvalue weighted by atomic mass is 10.1. The molecule has 40 heavy (non-hydrogen) atoms. The first-order chi connectivity index (χ1) is 19.1. The number of anilines is 1. The molecule has 0 saturated carbocycles. The molecular formula is C29H28F3N3O4S. The predicted molar refractivity (Wildman–Crippen MR) is 149 cm³/mol. The average Bonchev–Trinajstić information content (AvgIpc) is 3.36. The van der Waals surface area contributed by atoms with Gasteiger partial charge in [-0.1, -0.05) is 42.5 Å². The number of alkyl halides is 3. The van der Waals surface area contributed by atoms with Crippen molar-refractivity contribution in [2.24, 2.45) is 0 Å². The lowest BCUT2D eigenvalue weighted by Gasteiger charge is -2.34. The number of carboxylic acid groups (broad SMARTS) is 1. The van der Waals surface area contributed by atoms with Crippen LogP contribution in [-0.4, -0.2) is 64.2 Å². The van der Waals surface area contributed by atoms with Crippen LogP contribution in [0, 0.1) is 0 Å². The third kappa shape index (κ3) is 8.28. The maximum absolute atomic E-state index is 12.8. The molecule has 1 aliphatic heterocycles. The van der Waals surface area contributed by atoms with Crippen LogP contribution in [0.15, 0.2) is 78.9 Å². The van der Waals surface area contributed by atoms with Crippen LogP contribution in [0.3, 0.4) is 0 Å². The number of halogens is 3. The summed E-state index contributed by atoms with van der Waals surface area (Å²) in [6.45, 7) is 5.84. The van der Waals surface area contributed by atoms with Gasteiger partial charge in [-0.2, -0.15) is 13.2 Å². The Morgan fingerprint density at radius 2 is 1.43 bits per heavy atom. The first-order valence-corrected chi connectivity index (χ1v) is 13.3. The first-order valence-electron chi connectivity index (χ1n) is 12.5. The Morgan fingerprint density at radius 1 is 0.825 bits per heavy atom. The van der Waals surface area contributed by atoms with Crippen molar-refractivity contribution < 1.29 is 33.0 Å². The molecular weight excluding hydrogens is 543 g/mol. The molecule has 0 bridgehead atoms. The van der Waals surface area contributed by atoms with Gasteiger partial charge in [0.05, 0.1) is 4.88 Å². The fourth-order valence-corrected chi connectivity index (χ4v) is 5.22. The van der Waals surface area contributed by atoms with Crippen molar-refractivity contribution in [1.29, 1.82) is 0 Å². The Balaban J connectivity index is 0.000000470. The number of nitrogens with zero attached hydrogens (tertiary/aromatic N) is 2. The number of aliphatic carboxylic acids is 1. The summed E-state index contributed by atoms with van der Waals surface area (Å²) in [7, 11) is 0. The molecule has 0 spiro atoms. The van der Waals surface area contributed by atoms with E-state index in [2.05, 4.69) is 27.2 Å². The summed E-state index contributed by atoms with van der Waals surface area (Å²) < 4.78 is 32.9. The molecule has 1 aromatic heterocycles. The molecule has 0 aliphatic carbocycles. The van der Waals surface area contributed by atoms with Crippen LogP contribution in [0.1, 0.15) is 20.8 Å². The quantitative estimate of drug-likeness (QED) is 0.271. The van der Waals surface area contributed by atoms with Crippen molar-refractivity contribution >= 4 is 39.0 Å². The molecule has 11 heteroatoms. The number of piperazine rings is 1. The molecule has 1 amide bonds. The van der Waals surface area contributed by atoms with Crippen LogP contribution in [0.2, 0.25) is 0 Å². The number of fused-ring (bicyclic) bond motifs is 1. The van der Waals surface area contributed by atoms with Crippen LogP contribution in [0.5, 0.6) is 5.75 Å². The third-order valence-corrected chi connectivity index (χ3v) is 7.41. The van der Waals surface area contributed by atoms with Crippen molar-refractivity contribution in [1.82, 2.24) is 9.80 Å². The van der Waals surface area contributed by atoms with Gasteiger partial charge in [-0.25, -0.2) is 4.79 Å². The zero-order valence-electron chi connectivity index (χ0n) is 21.4. The number of aromatic hydroxyl groups is 1. The van der Waals surface area contributed by atoms with E-state index in [4.69, 9.17) is 9.90 Å². The van der Waals surface area contributed by atoms with Gasteiger partial charge in [-0.15, -0.1) is 11.3 Å². The molecule has 5 rings (SSSR count). The van der Waals surface area contributed by atoms with Gasteiger partial charge in [0.25, 0.3) is 5.91 Å². The van der Waals surface area contributed by atoms with E-state index < -0.39 is 12.1 Å². The van der Waals surface area contributed by atoms with Gasteiger partial charge in [0, 0.05) is 49.7 Å². The normalized spacial score (nSPS) is 14.4. The number of carbonyl (C=O) groups excluding carboxylic acids is 1. The van der Waals surface area contributed by atoms with E-state index in [1.807, 2.05) is 54.6 Å². The van der Waals surface area contributed by atoms with Crippen LogP contribution < -0.4 is 5.32 Å². The summed E-state index contributed by atoms with van der Waals surface area (Å²) in [5, 5.41) is 20.7. The minimum Gasteiger partial charge on any atom is -0.508 e. The minimum atomic E-state index is -5.08. The molecule has 2 heterocycles. The van der Waals surface area contributed by atoms with Crippen molar-refractivity contribution in [2.45, 2.75) is 19.3 Å². The van der Waals surface area contributed by atoms with E-state index in [9.17, 15) is 23.1 Å². The molecule has 0 radical (unpaired) electrons. The van der Waals surface area contributed by atoms with E-state index in [1.54, 1.807) is 12.1 Å². The lowest BCUT2D eigenvalue weighted by Crippen LogP contribution is -2.45. The zero-order chi connectivity index (χ0) is 28.7. The average molecular weight is 572 g/mol. The summed E-state index contributed by atoms with van der Waals surface area (Å²) in [6, 6.07) is 25.7. The fraction of sp³-hybridized carbons (Fsp3) is 0.241. The highest BCUT2D eigenvalue weighted by atomic mass is 32.1. The van der Waals surface area contributed by atoms with Crippen LogP contribution in [0.25, 0.3) is 10.1 Å². The Bertz CT molecular complexity index is 1420. The van der Waals surface area contributed by atoms with Crippen molar-refractivity contribution in [3.05, 3.63) is 94.9 Å². The molecule has 3 aromatic carbocycles. The summed E-state index contributed by atoms with van der Waals surface area (Å²) in [6.07, 6.45) is -5.08. The summed E-state index contributed by atoms with van der Waals surface area (Å²) in [4.78, 5) is 27.3. The third-order valence-electron chi connectivity index (χ3n) is 6.29. The molecule has 1 fully saturated rings. The fourth-order valence-electron chi connectivity index (χ4n) is 4.26. The Morgan fingerprint density at radius 3 is 2.02 bits per heavy atom. The lowest BCUT2D eigenvalue weighted by molar-refractivity contribution is -0.192. The van der Waals surface area contributed by atoms with Crippen molar-refractivity contribution in [3.63, 3.8) is 0 Å². The van der Waals surface area contributed by atoms with Crippen LogP contribution >= 0.6 is 11.3 Å². The molecule has 0 unspecified atom stereocenters. The number of phenolic OH excluding ortho intramolecular Hbond substituents is 1. The van der Waals surface area contributed by atoms with Gasteiger partial charge in [0.2, 0.25) is 0 Å². The maximum atomic E-state index is 12.8. The number of benzene rings is 3. The summed E-state index contributed by atoms with van der Waals surface area (Å²) >= 11 is 1.52. The van der Waals surface area contributed by atoms with Gasteiger partial charge < -0.3 is 15.5 Å². The monoisotopic (exact) mass is 571 g/mol. The number of thiophene rings is 1. The number of hydrogen-bond acceptors (Lipinski definition) is 6. The molecule has 4 aromatic rings. The molecule has 1 saturated heterocycles. The number of rotatable bonds is 6. The van der Waals surface area contributed by atoms with E-state index in [-0.39, 0.29) is 5.91 Å². The SMILES string of the molecule is O=C(Nc1cccc(CN2CCN(Cc3ccc(O)cc3)CC2)c1)c1cc2ccccc2s1.O=C(O)C(F)(F)F. The standard InChI is InChI=1S/C27H27N3O2S.C2HF3O2/c31-24-10-8-20(9-11-24)18-29-12-14-30(15-13-29)19-21-4-3-6-23(16-21)28-27(32)26-17-22-5-1-2-7-25(22)33-26;3-2(4,5)1(6)7/h1-11,16-17,31H,12-15,18-19H2,(H,28,32);(H,6,7). The molecule has 7 nitrogen and oxygen atoms in total. The second-order valence-corrected chi connectivity index (χ2v) is 10.4. The largest absolute Gasteiger partial charge is 0.508 e. The molecule has 3 N–H and O–H groups in total. The minimum absolute atomic E-state index is 0.0591. The van der Waals surface area contributed by atoms with E-state index in [0.717, 1.165) is 59.9 Å². The van der Waals surface area contributed by atoms with Crippen molar-refractivity contribution in [3.8, 4) is 5.75 Å². The van der Waals surface area contributed by atoms with E-state index in [1.165, 1.54) is 22.5 Å². The highest BCUT2D eigenvalue weighted by molar-refractivity contribution is 7.20. The van der Waals surface area contributed by atoms with E-state index in [0.29, 0.717) is 5.75 Å².